The molecule has 1 aromatic heterocycles. The van der Waals surface area contributed by atoms with Gasteiger partial charge in [0.15, 0.2) is 5.78 Å². The molecule has 0 fully saturated rings. The van der Waals surface area contributed by atoms with E-state index in [9.17, 15) is 14.9 Å². The van der Waals surface area contributed by atoms with Gasteiger partial charge in [-0.15, -0.1) is 0 Å². The molecule has 0 amide bonds. The summed E-state index contributed by atoms with van der Waals surface area (Å²) in [6, 6.07) is 4.72. The van der Waals surface area contributed by atoms with Crippen molar-refractivity contribution < 1.29 is 9.72 Å². The van der Waals surface area contributed by atoms with Gasteiger partial charge in [-0.05, 0) is 12.1 Å². The summed E-state index contributed by atoms with van der Waals surface area (Å²) in [4.78, 5) is 22.5. The van der Waals surface area contributed by atoms with E-state index in [1.807, 2.05) is 6.07 Å². The Morgan fingerprint density at radius 3 is 2.50 bits per heavy atom. The lowest BCUT2D eigenvalue weighted by Crippen LogP contribution is -2.21. The zero-order chi connectivity index (χ0) is 13.9. The Labute approximate surface area is 109 Å². The molecule has 6 heteroatoms. The molecule has 0 atom stereocenters. The van der Waals surface area contributed by atoms with Crippen molar-refractivity contribution in [2.45, 2.75) is 20.8 Å². The van der Waals surface area contributed by atoms with Crippen molar-refractivity contribution >= 4 is 28.2 Å². The van der Waals surface area contributed by atoms with Gasteiger partial charge in [0.2, 0.25) is 0 Å². The summed E-state index contributed by atoms with van der Waals surface area (Å²) in [6.45, 7) is 5.16. The summed E-state index contributed by atoms with van der Waals surface area (Å²) in [7, 11) is 0. The van der Waals surface area contributed by atoms with Crippen molar-refractivity contribution in [1.29, 1.82) is 5.26 Å². The maximum Gasteiger partial charge on any atom is 0.324 e. The van der Waals surface area contributed by atoms with Gasteiger partial charge in [0.05, 0.1) is 10.5 Å². The van der Waals surface area contributed by atoms with Crippen LogP contribution in [0, 0.1) is 26.9 Å². The number of carbonyl (C=O) groups is 1. The van der Waals surface area contributed by atoms with Gasteiger partial charge < -0.3 is 0 Å². The van der Waals surface area contributed by atoms with E-state index in [0.717, 1.165) is 11.3 Å². The molecule has 0 N–H and O–H groups in total. The summed E-state index contributed by atoms with van der Waals surface area (Å²) < 4.78 is 0. The van der Waals surface area contributed by atoms with Gasteiger partial charge in [0.25, 0.3) is 0 Å². The first-order valence-electron chi connectivity index (χ1n) is 5.16. The molecule has 0 unspecified atom stereocenters. The van der Waals surface area contributed by atoms with Gasteiger partial charge in [-0.2, -0.15) is 5.26 Å². The molecular weight excluding hydrogens is 252 g/mol. The minimum absolute atomic E-state index is 0.0123. The number of Topliss-reactive ketones (excluding diaryl/α,β-unsaturated/α-hetero) is 1. The van der Waals surface area contributed by atoms with E-state index in [4.69, 9.17) is 5.26 Å². The number of nitro groups is 1. The zero-order valence-electron chi connectivity index (χ0n) is 10.3. The lowest BCUT2D eigenvalue weighted by atomic mass is 9.86. The Bertz CT molecular complexity index is 559. The second kappa shape index (κ2) is 5.10. The Morgan fingerprint density at radius 1 is 1.50 bits per heavy atom. The average Bonchev–Trinajstić information content (AvgIpc) is 2.72. The highest BCUT2D eigenvalue weighted by Gasteiger charge is 2.25. The second-order valence-electron chi connectivity index (χ2n) is 4.68. The summed E-state index contributed by atoms with van der Waals surface area (Å²) in [5.74, 6) is -0.277. The number of hydrogen-bond acceptors (Lipinski definition) is 5. The molecule has 0 spiro atoms. The molecule has 0 saturated heterocycles. The SMILES string of the molecule is CC(C)(C)C(=O)C(C#N)=Cc1ccc([N+](=O)[O-])s1. The van der Waals surface area contributed by atoms with Crippen LogP contribution in [0.1, 0.15) is 25.6 Å². The number of thiophene rings is 1. The fraction of sp³-hybridized carbons (Fsp3) is 0.333. The van der Waals surface area contributed by atoms with Crippen LogP contribution < -0.4 is 0 Å². The van der Waals surface area contributed by atoms with Crippen molar-refractivity contribution in [2.75, 3.05) is 0 Å². The van der Waals surface area contributed by atoms with Crippen molar-refractivity contribution in [3.8, 4) is 6.07 Å². The maximum absolute atomic E-state index is 11.9. The van der Waals surface area contributed by atoms with Gasteiger partial charge in [-0.25, -0.2) is 0 Å². The first kappa shape index (κ1) is 14.1. The van der Waals surface area contributed by atoms with E-state index < -0.39 is 10.3 Å². The third-order valence-corrected chi connectivity index (χ3v) is 3.11. The van der Waals surface area contributed by atoms with E-state index in [0.29, 0.717) is 4.88 Å². The lowest BCUT2D eigenvalue weighted by molar-refractivity contribution is -0.380. The Hall–Kier alpha value is -2.00. The summed E-state index contributed by atoms with van der Waals surface area (Å²) >= 11 is 0.934. The average molecular weight is 264 g/mol. The third kappa shape index (κ3) is 3.25. The molecule has 0 saturated carbocycles. The fourth-order valence-electron chi connectivity index (χ4n) is 1.21. The molecule has 1 aromatic rings. The number of allylic oxidation sites excluding steroid dienone is 1. The molecule has 0 aromatic carbocycles. The summed E-state index contributed by atoms with van der Waals surface area (Å²) in [5.41, 5.74) is -0.635. The second-order valence-corrected chi connectivity index (χ2v) is 5.78. The van der Waals surface area contributed by atoms with E-state index in [1.54, 1.807) is 20.8 Å². The van der Waals surface area contributed by atoms with Crippen LogP contribution in [-0.4, -0.2) is 10.7 Å². The quantitative estimate of drug-likeness (QED) is 0.363. The molecule has 0 radical (unpaired) electrons. The molecule has 1 heterocycles. The number of hydrogen-bond donors (Lipinski definition) is 0. The van der Waals surface area contributed by atoms with Crippen LogP contribution in [-0.2, 0) is 4.79 Å². The van der Waals surface area contributed by atoms with Gasteiger partial charge >= 0.3 is 5.00 Å². The molecule has 0 aliphatic carbocycles. The summed E-state index contributed by atoms with van der Waals surface area (Å²) in [5, 5.41) is 19.5. The molecule has 0 aliphatic heterocycles. The Morgan fingerprint density at radius 2 is 2.11 bits per heavy atom. The minimum atomic E-state index is -0.648. The van der Waals surface area contributed by atoms with E-state index in [-0.39, 0.29) is 16.4 Å². The van der Waals surface area contributed by atoms with Crippen molar-refractivity contribution in [1.82, 2.24) is 0 Å². The largest absolute Gasteiger partial charge is 0.324 e. The monoisotopic (exact) mass is 264 g/mol. The van der Waals surface area contributed by atoms with Crippen molar-refractivity contribution in [3.05, 3.63) is 32.7 Å². The highest BCUT2D eigenvalue weighted by atomic mass is 32.1. The number of ketones is 1. The number of nitriles is 1. The smallest absolute Gasteiger partial charge is 0.293 e. The van der Waals surface area contributed by atoms with Gasteiger partial charge in [0.1, 0.15) is 6.07 Å². The van der Waals surface area contributed by atoms with Crippen LogP contribution in [0.25, 0.3) is 6.08 Å². The minimum Gasteiger partial charge on any atom is -0.293 e. The molecule has 0 bridgehead atoms. The van der Waals surface area contributed by atoms with Gasteiger partial charge in [0, 0.05) is 16.4 Å². The molecule has 18 heavy (non-hydrogen) atoms. The van der Waals surface area contributed by atoms with Crippen molar-refractivity contribution in [2.24, 2.45) is 5.41 Å². The number of carbonyl (C=O) groups excluding carboxylic acids is 1. The lowest BCUT2D eigenvalue weighted by Gasteiger charge is -2.15. The normalized spacial score (nSPS) is 12.0. The highest BCUT2D eigenvalue weighted by Crippen LogP contribution is 2.27. The molecule has 5 nitrogen and oxygen atoms in total. The predicted molar refractivity (Wildman–Crippen MR) is 69.0 cm³/mol. The van der Waals surface area contributed by atoms with Gasteiger partial charge in [-0.3, -0.25) is 14.9 Å². The molecule has 94 valence electrons. The fourth-order valence-corrected chi connectivity index (χ4v) is 1.98. The number of rotatable bonds is 3. The Kier molecular flexibility index (Phi) is 3.99. The molecule has 0 aliphatic rings. The van der Waals surface area contributed by atoms with Crippen LogP contribution in [0.4, 0.5) is 5.00 Å². The predicted octanol–water partition coefficient (Wildman–Crippen LogP) is 3.18. The van der Waals surface area contributed by atoms with E-state index >= 15 is 0 Å². The molecular formula is C12H12N2O3S. The third-order valence-electron chi connectivity index (χ3n) is 2.13. The van der Waals surface area contributed by atoms with Crippen LogP contribution in [0.15, 0.2) is 17.7 Å². The standard InChI is InChI=1S/C12H12N2O3S/c1-12(2,3)11(15)8(7-13)6-9-4-5-10(18-9)14(16)17/h4-6H,1-3H3. The highest BCUT2D eigenvalue weighted by molar-refractivity contribution is 7.16. The maximum atomic E-state index is 11.9. The zero-order valence-corrected chi connectivity index (χ0v) is 11.1. The first-order chi connectivity index (χ1) is 8.25. The van der Waals surface area contributed by atoms with Crippen LogP contribution >= 0.6 is 11.3 Å². The van der Waals surface area contributed by atoms with Crippen LogP contribution in [0.3, 0.4) is 0 Å². The van der Waals surface area contributed by atoms with E-state index in [1.165, 1.54) is 18.2 Å². The Balaban J connectivity index is 3.09. The van der Waals surface area contributed by atoms with Crippen LogP contribution in [0.5, 0.6) is 0 Å². The first-order valence-corrected chi connectivity index (χ1v) is 5.98. The van der Waals surface area contributed by atoms with Crippen molar-refractivity contribution in [3.63, 3.8) is 0 Å². The van der Waals surface area contributed by atoms with E-state index in [2.05, 4.69) is 0 Å². The molecule has 1 rings (SSSR count). The van der Waals surface area contributed by atoms with Crippen LogP contribution in [0.2, 0.25) is 0 Å². The van der Waals surface area contributed by atoms with Gasteiger partial charge in [-0.1, -0.05) is 32.1 Å². The summed E-state index contributed by atoms with van der Waals surface area (Å²) in [6.07, 6.45) is 1.39. The topological polar surface area (TPSA) is 84.0 Å². The number of nitrogens with zero attached hydrogens (tertiary/aromatic N) is 2.